The maximum absolute atomic E-state index is 12.1. The van der Waals surface area contributed by atoms with Gasteiger partial charge in [-0.2, -0.15) is 0 Å². The Morgan fingerprint density at radius 2 is 2.11 bits per heavy atom. The highest BCUT2D eigenvalue weighted by molar-refractivity contribution is 5.94. The van der Waals surface area contributed by atoms with Crippen molar-refractivity contribution >= 4 is 11.8 Å². The smallest absolute Gasteiger partial charge is 0.243 e. The molecule has 0 bridgehead atoms. The van der Waals surface area contributed by atoms with Crippen LogP contribution < -0.4 is 5.32 Å². The molecule has 0 radical (unpaired) electrons. The van der Waals surface area contributed by atoms with E-state index in [4.69, 9.17) is 4.74 Å². The molecule has 2 rings (SSSR count). The zero-order valence-corrected chi connectivity index (χ0v) is 12.0. The third-order valence-electron chi connectivity index (χ3n) is 3.83. The van der Waals surface area contributed by atoms with Crippen LogP contribution in [0.5, 0.6) is 0 Å². The maximum atomic E-state index is 12.1. The van der Waals surface area contributed by atoms with Gasteiger partial charge in [-0.1, -0.05) is 13.8 Å². The molecule has 19 heavy (non-hydrogen) atoms. The van der Waals surface area contributed by atoms with Crippen LogP contribution in [0.2, 0.25) is 0 Å². The van der Waals surface area contributed by atoms with Crippen molar-refractivity contribution in [2.24, 2.45) is 5.92 Å². The minimum Gasteiger partial charge on any atom is -0.373 e. The van der Waals surface area contributed by atoms with Crippen LogP contribution in [0.1, 0.15) is 40.0 Å². The normalized spacial score (nSPS) is 32.0. The van der Waals surface area contributed by atoms with Gasteiger partial charge in [0.05, 0.1) is 18.8 Å². The molecule has 5 heteroatoms. The van der Waals surface area contributed by atoms with Gasteiger partial charge in [-0.3, -0.25) is 9.59 Å². The molecule has 2 saturated heterocycles. The summed E-state index contributed by atoms with van der Waals surface area (Å²) < 4.78 is 5.78. The van der Waals surface area contributed by atoms with E-state index < -0.39 is 0 Å². The molecular formula is C14H24N2O3. The van der Waals surface area contributed by atoms with E-state index >= 15 is 0 Å². The molecule has 2 heterocycles. The number of carbonyl (C=O) groups excluding carboxylic acids is 2. The lowest BCUT2D eigenvalue weighted by Crippen LogP contribution is -2.60. The average molecular weight is 268 g/mol. The van der Waals surface area contributed by atoms with Gasteiger partial charge in [0, 0.05) is 6.54 Å². The minimum atomic E-state index is -0.333. The molecule has 0 aromatic rings. The van der Waals surface area contributed by atoms with Crippen LogP contribution in [0, 0.1) is 5.92 Å². The predicted octanol–water partition coefficient (Wildman–Crippen LogP) is 0.927. The van der Waals surface area contributed by atoms with Crippen molar-refractivity contribution in [3.8, 4) is 0 Å². The Morgan fingerprint density at radius 1 is 1.37 bits per heavy atom. The van der Waals surface area contributed by atoms with Crippen molar-refractivity contribution in [2.75, 3.05) is 13.1 Å². The molecule has 0 saturated carbocycles. The van der Waals surface area contributed by atoms with Gasteiger partial charge in [0.15, 0.2) is 0 Å². The summed E-state index contributed by atoms with van der Waals surface area (Å²) >= 11 is 0. The van der Waals surface area contributed by atoms with Crippen molar-refractivity contribution in [2.45, 2.75) is 58.3 Å². The molecule has 5 nitrogen and oxygen atoms in total. The molecule has 2 fully saturated rings. The topological polar surface area (TPSA) is 58.6 Å². The van der Waals surface area contributed by atoms with Crippen LogP contribution >= 0.6 is 0 Å². The van der Waals surface area contributed by atoms with Crippen molar-refractivity contribution in [3.05, 3.63) is 0 Å². The number of nitrogens with zero attached hydrogens (tertiary/aromatic N) is 1. The quantitative estimate of drug-likeness (QED) is 0.825. The van der Waals surface area contributed by atoms with Crippen molar-refractivity contribution in [3.63, 3.8) is 0 Å². The van der Waals surface area contributed by atoms with E-state index in [0.29, 0.717) is 18.9 Å². The number of nitrogens with one attached hydrogen (secondary N) is 1. The first kappa shape index (κ1) is 14.3. The number of hydrogen-bond acceptors (Lipinski definition) is 3. The van der Waals surface area contributed by atoms with Gasteiger partial charge in [-0.15, -0.1) is 0 Å². The van der Waals surface area contributed by atoms with Gasteiger partial charge >= 0.3 is 0 Å². The van der Waals surface area contributed by atoms with Crippen molar-refractivity contribution in [1.29, 1.82) is 0 Å². The van der Waals surface area contributed by atoms with E-state index in [0.717, 1.165) is 12.8 Å². The Bertz CT molecular complexity index is 357. The molecule has 0 spiro atoms. The highest BCUT2D eigenvalue weighted by Gasteiger charge is 2.37. The first-order chi connectivity index (χ1) is 8.97. The monoisotopic (exact) mass is 268 g/mol. The molecular weight excluding hydrogens is 244 g/mol. The summed E-state index contributed by atoms with van der Waals surface area (Å²) in [7, 11) is 0. The number of rotatable bonds is 4. The van der Waals surface area contributed by atoms with Crippen LogP contribution in [0.15, 0.2) is 0 Å². The lowest BCUT2D eigenvalue weighted by molar-refractivity contribution is -0.148. The lowest BCUT2D eigenvalue weighted by atomic mass is 9.99. The molecule has 0 aromatic heterocycles. The van der Waals surface area contributed by atoms with Gasteiger partial charge in [-0.25, -0.2) is 0 Å². The second-order valence-corrected chi connectivity index (χ2v) is 6.06. The van der Waals surface area contributed by atoms with Gasteiger partial charge in [-0.05, 0) is 32.1 Å². The maximum Gasteiger partial charge on any atom is 0.243 e. The zero-order valence-electron chi connectivity index (χ0n) is 12.0. The summed E-state index contributed by atoms with van der Waals surface area (Å²) in [4.78, 5) is 25.8. The standard InChI is InChI=1S/C14H24N2O3/c1-9(2)6-12-14(18)15-7-13(17)16(12)8-11-5-4-10(3)19-11/h9-12H,4-8H2,1-3H3,(H,15,18). The fourth-order valence-corrected chi connectivity index (χ4v) is 2.85. The largest absolute Gasteiger partial charge is 0.373 e. The lowest BCUT2D eigenvalue weighted by Gasteiger charge is -2.37. The van der Waals surface area contributed by atoms with E-state index in [-0.39, 0.29) is 36.6 Å². The van der Waals surface area contributed by atoms with Gasteiger partial charge in [0.1, 0.15) is 6.04 Å². The second-order valence-electron chi connectivity index (χ2n) is 6.06. The zero-order chi connectivity index (χ0) is 14.0. The van der Waals surface area contributed by atoms with Gasteiger partial charge < -0.3 is 15.0 Å². The highest BCUT2D eigenvalue weighted by atomic mass is 16.5. The van der Waals surface area contributed by atoms with E-state index in [1.54, 1.807) is 4.90 Å². The van der Waals surface area contributed by atoms with E-state index in [2.05, 4.69) is 26.1 Å². The number of carbonyl (C=O) groups is 2. The van der Waals surface area contributed by atoms with Crippen LogP contribution in [0.25, 0.3) is 0 Å². The molecule has 0 aliphatic carbocycles. The Kier molecular flexibility index (Phi) is 4.45. The second kappa shape index (κ2) is 5.90. The summed E-state index contributed by atoms with van der Waals surface area (Å²) in [6.45, 7) is 6.86. The molecule has 2 aliphatic heterocycles. The van der Waals surface area contributed by atoms with E-state index in [9.17, 15) is 9.59 Å². The average Bonchev–Trinajstić information content (AvgIpc) is 2.74. The molecule has 108 valence electrons. The van der Waals surface area contributed by atoms with Crippen LogP contribution in [-0.2, 0) is 14.3 Å². The van der Waals surface area contributed by atoms with Crippen LogP contribution in [-0.4, -0.2) is 48.1 Å². The molecule has 0 aromatic carbocycles. The van der Waals surface area contributed by atoms with E-state index in [1.807, 2.05) is 0 Å². The predicted molar refractivity (Wildman–Crippen MR) is 71.5 cm³/mol. The summed E-state index contributed by atoms with van der Waals surface area (Å²) in [5.74, 6) is 0.361. The van der Waals surface area contributed by atoms with Crippen LogP contribution in [0.3, 0.4) is 0 Å². The highest BCUT2D eigenvalue weighted by Crippen LogP contribution is 2.23. The van der Waals surface area contributed by atoms with Gasteiger partial charge in [0.25, 0.3) is 0 Å². The Morgan fingerprint density at radius 3 is 2.68 bits per heavy atom. The SMILES string of the molecule is CC(C)CC1C(=O)NCC(=O)N1CC1CCC(C)O1. The summed E-state index contributed by atoms with van der Waals surface area (Å²) in [5.41, 5.74) is 0. The first-order valence-electron chi connectivity index (χ1n) is 7.20. The molecule has 3 unspecified atom stereocenters. The van der Waals surface area contributed by atoms with Gasteiger partial charge in [0.2, 0.25) is 11.8 Å². The number of ether oxygens (including phenoxy) is 1. The first-order valence-corrected chi connectivity index (χ1v) is 7.20. The minimum absolute atomic E-state index is 0.00778. The Labute approximate surface area is 114 Å². The summed E-state index contributed by atoms with van der Waals surface area (Å²) in [5, 5.41) is 2.68. The summed E-state index contributed by atoms with van der Waals surface area (Å²) in [6.07, 6.45) is 3.07. The molecule has 2 aliphatic rings. The third kappa shape index (κ3) is 3.47. The van der Waals surface area contributed by atoms with Crippen molar-refractivity contribution < 1.29 is 14.3 Å². The third-order valence-corrected chi connectivity index (χ3v) is 3.83. The fourth-order valence-electron chi connectivity index (χ4n) is 2.85. The Hall–Kier alpha value is -1.10. The molecule has 3 atom stereocenters. The number of piperazine rings is 1. The van der Waals surface area contributed by atoms with Crippen LogP contribution in [0.4, 0.5) is 0 Å². The van der Waals surface area contributed by atoms with E-state index in [1.165, 1.54) is 0 Å². The Balaban J connectivity index is 2.03. The molecule has 2 amide bonds. The summed E-state index contributed by atoms with van der Waals surface area (Å²) in [6, 6.07) is -0.333. The fraction of sp³-hybridized carbons (Fsp3) is 0.857. The molecule has 1 N–H and O–H groups in total. The number of hydrogen-bond donors (Lipinski definition) is 1. The number of amides is 2. The van der Waals surface area contributed by atoms with Crippen molar-refractivity contribution in [1.82, 2.24) is 10.2 Å².